The number of nitro groups is 1. The van der Waals surface area contributed by atoms with Gasteiger partial charge in [0.15, 0.2) is 0 Å². The van der Waals surface area contributed by atoms with E-state index in [0.29, 0.717) is 16.1 Å². The van der Waals surface area contributed by atoms with E-state index in [2.05, 4.69) is 4.98 Å². The summed E-state index contributed by atoms with van der Waals surface area (Å²) in [6.07, 6.45) is 1.53. The second-order valence-corrected chi connectivity index (χ2v) is 6.11. The summed E-state index contributed by atoms with van der Waals surface area (Å²) in [6, 6.07) is 13.6. The van der Waals surface area contributed by atoms with Crippen LogP contribution in [0.3, 0.4) is 0 Å². The number of para-hydroxylation sites is 1. The summed E-state index contributed by atoms with van der Waals surface area (Å²) in [4.78, 5) is 25.9. The van der Waals surface area contributed by atoms with E-state index in [0.717, 1.165) is 10.2 Å². The van der Waals surface area contributed by atoms with Crippen LogP contribution < -0.4 is 0 Å². The van der Waals surface area contributed by atoms with Crippen molar-refractivity contribution in [1.29, 1.82) is 0 Å². The third-order valence-electron chi connectivity index (χ3n) is 3.36. The van der Waals surface area contributed by atoms with E-state index in [-0.39, 0.29) is 12.1 Å². The molecule has 0 saturated carbocycles. The van der Waals surface area contributed by atoms with E-state index in [1.165, 1.54) is 23.5 Å². The number of nitrogens with zero attached hydrogens (tertiary/aromatic N) is 2. The minimum absolute atomic E-state index is 0.00748. The summed E-state index contributed by atoms with van der Waals surface area (Å²) in [5, 5.41) is 20.5. The lowest BCUT2D eigenvalue weighted by Gasteiger charge is -2.01. The molecular weight excluding hydrogens is 328 g/mol. The first-order valence-corrected chi connectivity index (χ1v) is 7.87. The maximum atomic E-state index is 11.2. The van der Waals surface area contributed by atoms with Gasteiger partial charge in [-0.3, -0.25) is 14.9 Å². The van der Waals surface area contributed by atoms with E-state index in [4.69, 9.17) is 5.11 Å². The van der Waals surface area contributed by atoms with Gasteiger partial charge in [0.05, 0.1) is 21.6 Å². The number of carbonyl (C=O) groups is 1. The molecule has 0 aliphatic heterocycles. The van der Waals surface area contributed by atoms with E-state index < -0.39 is 10.9 Å². The largest absolute Gasteiger partial charge is 0.481 e. The van der Waals surface area contributed by atoms with Crippen LogP contribution >= 0.6 is 11.3 Å². The lowest BCUT2D eigenvalue weighted by molar-refractivity contribution is -0.384. The topological polar surface area (TPSA) is 93.3 Å². The van der Waals surface area contributed by atoms with Gasteiger partial charge in [0.2, 0.25) is 0 Å². The summed E-state index contributed by atoms with van der Waals surface area (Å²) >= 11 is 1.42. The van der Waals surface area contributed by atoms with Crippen LogP contribution in [0.25, 0.3) is 21.9 Å². The van der Waals surface area contributed by atoms with E-state index >= 15 is 0 Å². The Morgan fingerprint density at radius 1 is 1.21 bits per heavy atom. The molecule has 2 aromatic carbocycles. The van der Waals surface area contributed by atoms with Crippen LogP contribution in [-0.2, 0) is 4.79 Å². The Morgan fingerprint density at radius 3 is 2.54 bits per heavy atom. The van der Waals surface area contributed by atoms with Crippen LogP contribution in [0.1, 0.15) is 17.0 Å². The third-order valence-corrected chi connectivity index (χ3v) is 4.47. The first-order chi connectivity index (χ1) is 11.5. The summed E-state index contributed by atoms with van der Waals surface area (Å²) in [5.74, 6) is -0.956. The number of aliphatic carboxylic acids is 1. The lowest BCUT2D eigenvalue weighted by atomic mass is 10.1. The molecule has 7 heteroatoms. The standard InChI is InChI=1S/C17H12N2O4S/c20-16(21)10-12(9-11-5-7-13(8-6-11)19(22)23)17-18-14-3-1-2-4-15(14)24-17/h1-9H,10H2,(H,20,21)/b12-9-. The van der Waals surface area contributed by atoms with Gasteiger partial charge in [-0.1, -0.05) is 12.1 Å². The molecule has 3 rings (SSSR count). The van der Waals surface area contributed by atoms with Crippen LogP contribution in [0.4, 0.5) is 5.69 Å². The zero-order valence-electron chi connectivity index (χ0n) is 12.4. The van der Waals surface area contributed by atoms with Crippen LogP contribution in [-0.4, -0.2) is 21.0 Å². The molecule has 0 aliphatic rings. The average molecular weight is 340 g/mol. The fourth-order valence-corrected chi connectivity index (χ4v) is 3.23. The van der Waals surface area contributed by atoms with Crippen LogP contribution in [0.5, 0.6) is 0 Å². The number of rotatable bonds is 5. The van der Waals surface area contributed by atoms with Crippen LogP contribution in [0.2, 0.25) is 0 Å². The van der Waals surface area contributed by atoms with Gasteiger partial charge in [-0.05, 0) is 41.5 Å². The monoisotopic (exact) mass is 340 g/mol. The number of hydrogen-bond donors (Lipinski definition) is 1. The fraction of sp³-hybridized carbons (Fsp3) is 0.0588. The van der Waals surface area contributed by atoms with Crippen molar-refractivity contribution in [3.05, 3.63) is 69.2 Å². The molecule has 0 spiro atoms. The Balaban J connectivity index is 2.01. The summed E-state index contributed by atoms with van der Waals surface area (Å²) in [7, 11) is 0. The highest BCUT2D eigenvalue weighted by Gasteiger charge is 2.13. The molecule has 1 heterocycles. The maximum Gasteiger partial charge on any atom is 0.307 e. The second-order valence-electron chi connectivity index (χ2n) is 5.08. The first kappa shape index (κ1) is 15.8. The SMILES string of the molecule is O=C(O)C/C(=C/c1ccc([N+](=O)[O-])cc1)c1nc2ccccc2s1. The highest BCUT2D eigenvalue weighted by molar-refractivity contribution is 7.19. The molecule has 1 aromatic heterocycles. The van der Waals surface area contributed by atoms with Gasteiger partial charge >= 0.3 is 5.97 Å². The van der Waals surface area contributed by atoms with Gasteiger partial charge in [-0.15, -0.1) is 11.3 Å². The van der Waals surface area contributed by atoms with Gasteiger partial charge in [0.1, 0.15) is 5.01 Å². The van der Waals surface area contributed by atoms with Gasteiger partial charge in [0, 0.05) is 12.1 Å². The Kier molecular flexibility index (Phi) is 4.35. The summed E-state index contributed by atoms with van der Waals surface area (Å²) < 4.78 is 0.979. The zero-order valence-corrected chi connectivity index (χ0v) is 13.2. The van der Waals surface area contributed by atoms with E-state index in [1.54, 1.807) is 18.2 Å². The first-order valence-electron chi connectivity index (χ1n) is 7.06. The number of hydrogen-bond acceptors (Lipinski definition) is 5. The Morgan fingerprint density at radius 2 is 1.92 bits per heavy atom. The molecule has 0 atom stereocenters. The minimum atomic E-state index is -0.956. The average Bonchev–Trinajstić information content (AvgIpc) is 2.98. The number of non-ortho nitro benzene ring substituents is 1. The number of nitro benzene ring substituents is 1. The Labute approximate surface area is 140 Å². The fourth-order valence-electron chi connectivity index (χ4n) is 2.25. The highest BCUT2D eigenvalue weighted by atomic mass is 32.1. The Hall–Kier alpha value is -3.06. The molecular formula is C17H12N2O4S. The number of benzene rings is 2. The molecule has 0 amide bonds. The van der Waals surface area contributed by atoms with Gasteiger partial charge in [0.25, 0.3) is 5.69 Å². The normalized spacial score (nSPS) is 11.6. The predicted octanol–water partition coefficient (Wildman–Crippen LogP) is 4.22. The highest BCUT2D eigenvalue weighted by Crippen LogP contribution is 2.30. The Bertz CT molecular complexity index is 912. The van der Waals surface area contributed by atoms with Crippen LogP contribution in [0.15, 0.2) is 48.5 Å². The van der Waals surface area contributed by atoms with E-state index in [9.17, 15) is 14.9 Å². The number of thiazole rings is 1. The number of aromatic nitrogens is 1. The molecule has 3 aromatic rings. The smallest absolute Gasteiger partial charge is 0.307 e. The second kappa shape index (κ2) is 6.59. The molecule has 0 saturated heterocycles. The predicted molar refractivity (Wildman–Crippen MR) is 92.8 cm³/mol. The van der Waals surface area contributed by atoms with Gasteiger partial charge in [-0.25, -0.2) is 4.98 Å². The number of carboxylic acid groups (broad SMARTS) is 1. The third kappa shape index (κ3) is 3.47. The van der Waals surface area contributed by atoms with Crippen LogP contribution in [0, 0.1) is 10.1 Å². The summed E-state index contributed by atoms with van der Waals surface area (Å²) in [6.45, 7) is 0. The zero-order chi connectivity index (χ0) is 17.1. The molecule has 6 nitrogen and oxygen atoms in total. The van der Waals surface area contributed by atoms with E-state index in [1.807, 2.05) is 24.3 Å². The molecule has 0 aliphatic carbocycles. The molecule has 24 heavy (non-hydrogen) atoms. The lowest BCUT2D eigenvalue weighted by Crippen LogP contribution is -1.97. The minimum Gasteiger partial charge on any atom is -0.481 e. The van der Waals surface area contributed by atoms with Gasteiger partial charge < -0.3 is 5.11 Å². The van der Waals surface area contributed by atoms with Crippen molar-refractivity contribution in [2.45, 2.75) is 6.42 Å². The van der Waals surface area contributed by atoms with Crippen molar-refractivity contribution in [3.8, 4) is 0 Å². The molecule has 1 N–H and O–H groups in total. The van der Waals surface area contributed by atoms with Crippen molar-refractivity contribution < 1.29 is 14.8 Å². The number of carboxylic acids is 1. The molecule has 120 valence electrons. The number of fused-ring (bicyclic) bond motifs is 1. The quantitative estimate of drug-likeness (QED) is 0.554. The maximum absolute atomic E-state index is 11.2. The van der Waals surface area contributed by atoms with Crippen molar-refractivity contribution in [2.75, 3.05) is 0 Å². The van der Waals surface area contributed by atoms with Crippen molar-refractivity contribution >= 4 is 44.9 Å². The van der Waals surface area contributed by atoms with Crippen molar-refractivity contribution in [1.82, 2.24) is 4.98 Å². The van der Waals surface area contributed by atoms with Crippen molar-refractivity contribution in [3.63, 3.8) is 0 Å². The molecule has 0 unspecified atom stereocenters. The molecule has 0 fully saturated rings. The summed E-state index contributed by atoms with van der Waals surface area (Å²) in [5.41, 5.74) is 2.07. The van der Waals surface area contributed by atoms with Crippen molar-refractivity contribution in [2.24, 2.45) is 0 Å². The molecule has 0 radical (unpaired) electrons. The molecule has 0 bridgehead atoms. The van der Waals surface area contributed by atoms with Gasteiger partial charge in [-0.2, -0.15) is 0 Å².